The van der Waals surface area contributed by atoms with E-state index in [2.05, 4.69) is 10.8 Å². The van der Waals surface area contributed by atoms with Gasteiger partial charge in [0.1, 0.15) is 0 Å². The van der Waals surface area contributed by atoms with E-state index in [-0.39, 0.29) is 10.6 Å². The second-order valence-electron chi connectivity index (χ2n) is 4.09. The Labute approximate surface area is 108 Å². The Kier molecular flexibility index (Phi) is 2.68. The molecule has 18 heavy (non-hydrogen) atoms. The maximum absolute atomic E-state index is 10.8. The van der Waals surface area contributed by atoms with Gasteiger partial charge in [-0.2, -0.15) is 0 Å². The van der Waals surface area contributed by atoms with Gasteiger partial charge in [0.05, 0.1) is 4.92 Å². The molecular formula is C13H10N2O2S. The topological polar surface area (TPSA) is 55.2 Å². The Bertz CT molecular complexity index is 628. The van der Waals surface area contributed by atoms with Gasteiger partial charge >= 0.3 is 0 Å². The molecule has 3 rings (SSSR count). The highest BCUT2D eigenvalue weighted by molar-refractivity contribution is 8.00. The second kappa shape index (κ2) is 4.34. The molecule has 1 heterocycles. The summed E-state index contributed by atoms with van der Waals surface area (Å²) in [4.78, 5) is 11.3. The van der Waals surface area contributed by atoms with Crippen LogP contribution in [-0.2, 0) is 6.42 Å². The molecule has 5 heteroatoms. The van der Waals surface area contributed by atoms with Crippen LogP contribution < -0.4 is 4.72 Å². The lowest BCUT2D eigenvalue weighted by Crippen LogP contribution is -1.92. The zero-order valence-electron chi connectivity index (χ0n) is 9.42. The second-order valence-corrected chi connectivity index (χ2v) is 4.94. The third-order valence-electron chi connectivity index (χ3n) is 2.93. The minimum absolute atomic E-state index is 0.133. The van der Waals surface area contributed by atoms with Gasteiger partial charge < -0.3 is 4.72 Å². The van der Waals surface area contributed by atoms with Gasteiger partial charge in [-0.3, -0.25) is 10.1 Å². The van der Waals surface area contributed by atoms with Gasteiger partial charge in [0.2, 0.25) is 0 Å². The number of para-hydroxylation sites is 1. The molecule has 1 aliphatic heterocycles. The Morgan fingerprint density at radius 2 is 2.00 bits per heavy atom. The van der Waals surface area contributed by atoms with Crippen molar-refractivity contribution in [1.82, 2.24) is 0 Å². The predicted octanol–water partition coefficient (Wildman–Crippen LogP) is 3.62. The molecular weight excluding hydrogens is 248 g/mol. The van der Waals surface area contributed by atoms with Gasteiger partial charge in [-0.05, 0) is 29.1 Å². The summed E-state index contributed by atoms with van der Waals surface area (Å²) in [6, 6.07) is 13.1. The van der Waals surface area contributed by atoms with Crippen molar-refractivity contribution >= 4 is 23.3 Å². The first kappa shape index (κ1) is 11.1. The molecule has 2 aromatic rings. The fourth-order valence-corrected chi connectivity index (χ4v) is 2.86. The van der Waals surface area contributed by atoms with Gasteiger partial charge in [0.15, 0.2) is 0 Å². The number of benzene rings is 2. The average Bonchev–Trinajstić information content (AvgIpc) is 2.56. The molecule has 0 bridgehead atoms. The highest BCUT2D eigenvalue weighted by atomic mass is 32.2. The van der Waals surface area contributed by atoms with Crippen LogP contribution in [0.5, 0.6) is 0 Å². The summed E-state index contributed by atoms with van der Waals surface area (Å²) < 4.78 is 3.24. The first-order valence-electron chi connectivity index (χ1n) is 5.52. The summed E-state index contributed by atoms with van der Waals surface area (Å²) in [7, 11) is 0. The number of nitro groups is 1. The molecule has 0 radical (unpaired) electrons. The van der Waals surface area contributed by atoms with Gasteiger partial charge in [0.25, 0.3) is 5.69 Å². The van der Waals surface area contributed by atoms with E-state index in [1.54, 1.807) is 12.1 Å². The van der Waals surface area contributed by atoms with Crippen LogP contribution in [0.2, 0.25) is 0 Å². The number of hydrogen-bond donors (Lipinski definition) is 1. The number of rotatable bonds is 1. The quantitative estimate of drug-likeness (QED) is 0.482. The smallest absolute Gasteiger partial charge is 0.270 e. The monoisotopic (exact) mass is 258 g/mol. The van der Waals surface area contributed by atoms with E-state index in [1.165, 1.54) is 17.5 Å². The molecule has 0 spiro atoms. The summed E-state index contributed by atoms with van der Waals surface area (Å²) in [5.74, 6) is 0. The van der Waals surface area contributed by atoms with Crippen LogP contribution in [0.25, 0.3) is 0 Å². The molecule has 2 aromatic carbocycles. The largest absolute Gasteiger partial charge is 0.325 e. The van der Waals surface area contributed by atoms with E-state index < -0.39 is 0 Å². The van der Waals surface area contributed by atoms with E-state index in [0.29, 0.717) is 0 Å². The van der Waals surface area contributed by atoms with Crippen molar-refractivity contribution in [3.8, 4) is 0 Å². The van der Waals surface area contributed by atoms with Crippen LogP contribution in [-0.4, -0.2) is 4.92 Å². The van der Waals surface area contributed by atoms with Crippen molar-refractivity contribution in [3.05, 3.63) is 63.7 Å². The van der Waals surface area contributed by atoms with Crippen LogP contribution in [0.1, 0.15) is 11.1 Å². The molecule has 0 aromatic heterocycles. The van der Waals surface area contributed by atoms with Crippen molar-refractivity contribution in [2.24, 2.45) is 0 Å². The van der Waals surface area contributed by atoms with Crippen LogP contribution in [0, 0.1) is 10.1 Å². The van der Waals surface area contributed by atoms with Crippen molar-refractivity contribution in [3.63, 3.8) is 0 Å². The van der Waals surface area contributed by atoms with Crippen molar-refractivity contribution < 1.29 is 4.92 Å². The first-order valence-corrected chi connectivity index (χ1v) is 6.34. The number of nitro benzene ring substituents is 1. The molecule has 0 atom stereocenters. The highest BCUT2D eigenvalue weighted by Gasteiger charge is 2.16. The molecule has 0 aliphatic carbocycles. The molecule has 0 unspecified atom stereocenters. The Morgan fingerprint density at radius 1 is 1.17 bits per heavy atom. The van der Waals surface area contributed by atoms with E-state index in [9.17, 15) is 10.1 Å². The fraction of sp³-hybridized carbons (Fsp3) is 0.0769. The van der Waals surface area contributed by atoms with E-state index >= 15 is 0 Å². The molecule has 0 saturated heterocycles. The van der Waals surface area contributed by atoms with Gasteiger partial charge in [-0.25, -0.2) is 0 Å². The maximum atomic E-state index is 10.8. The number of non-ortho nitro benzene ring substituents is 1. The zero-order chi connectivity index (χ0) is 12.5. The summed E-state index contributed by atoms with van der Waals surface area (Å²) in [6.45, 7) is 0. The van der Waals surface area contributed by atoms with Gasteiger partial charge in [-0.15, -0.1) is 0 Å². The van der Waals surface area contributed by atoms with Crippen molar-refractivity contribution in [1.29, 1.82) is 0 Å². The average molecular weight is 258 g/mol. The highest BCUT2D eigenvalue weighted by Crippen LogP contribution is 2.35. The molecule has 0 fully saturated rings. The van der Waals surface area contributed by atoms with Crippen LogP contribution in [0.3, 0.4) is 0 Å². The number of hydrogen-bond acceptors (Lipinski definition) is 4. The molecule has 0 amide bonds. The Morgan fingerprint density at radius 3 is 2.83 bits per heavy atom. The lowest BCUT2D eigenvalue weighted by molar-refractivity contribution is -0.385. The number of anilines is 1. The number of nitrogens with zero attached hydrogens (tertiary/aromatic N) is 1. The lowest BCUT2D eigenvalue weighted by Gasteiger charge is -2.04. The first-order chi connectivity index (χ1) is 8.74. The van der Waals surface area contributed by atoms with E-state index in [1.807, 2.05) is 24.3 Å². The predicted molar refractivity (Wildman–Crippen MR) is 71.8 cm³/mol. The fourth-order valence-electron chi connectivity index (χ4n) is 1.99. The normalized spacial score (nSPS) is 12.9. The Hall–Kier alpha value is -2.01. The van der Waals surface area contributed by atoms with E-state index in [4.69, 9.17) is 0 Å². The summed E-state index contributed by atoms with van der Waals surface area (Å²) in [5.41, 5.74) is 3.52. The molecule has 4 nitrogen and oxygen atoms in total. The summed E-state index contributed by atoms with van der Waals surface area (Å²) in [5, 5.41) is 10.8. The van der Waals surface area contributed by atoms with Crippen LogP contribution in [0.15, 0.2) is 47.4 Å². The van der Waals surface area contributed by atoms with Crippen LogP contribution >= 0.6 is 11.9 Å². The summed E-state index contributed by atoms with van der Waals surface area (Å²) in [6.07, 6.45) is 0.795. The lowest BCUT2D eigenvalue weighted by atomic mass is 10.0. The number of fused-ring (bicyclic) bond motifs is 2. The molecule has 1 N–H and O–H groups in total. The van der Waals surface area contributed by atoms with Crippen molar-refractivity contribution in [2.75, 3.05) is 4.72 Å². The third kappa shape index (κ3) is 1.93. The molecule has 90 valence electrons. The summed E-state index contributed by atoms with van der Waals surface area (Å²) >= 11 is 1.43. The van der Waals surface area contributed by atoms with E-state index in [0.717, 1.165) is 22.6 Å². The van der Waals surface area contributed by atoms with Crippen molar-refractivity contribution in [2.45, 2.75) is 11.3 Å². The number of nitrogens with one attached hydrogen (secondary N) is 1. The van der Waals surface area contributed by atoms with Gasteiger partial charge in [0, 0.05) is 29.1 Å². The van der Waals surface area contributed by atoms with Crippen LogP contribution in [0.4, 0.5) is 11.4 Å². The zero-order valence-corrected chi connectivity index (χ0v) is 10.2. The SMILES string of the molecule is O=[N+]([O-])c1ccc2c(c1)SNc1ccccc1C2. The van der Waals surface area contributed by atoms with Gasteiger partial charge in [-0.1, -0.05) is 24.3 Å². The minimum Gasteiger partial charge on any atom is -0.325 e. The minimum atomic E-state index is -0.362. The Balaban J connectivity index is 2.04. The molecule has 0 saturated carbocycles. The molecule has 1 aliphatic rings. The third-order valence-corrected chi connectivity index (χ3v) is 3.85. The maximum Gasteiger partial charge on any atom is 0.270 e. The standard InChI is InChI=1S/C13H10N2O2S/c16-15(17)11-6-5-10-7-9-3-1-2-4-12(9)14-18-13(10)8-11/h1-6,8,14H,7H2.